The Morgan fingerprint density at radius 3 is 1.57 bits per heavy atom. The molecule has 7 heavy (non-hydrogen) atoms. The maximum Gasteiger partial charge on any atom is 2.00 e. The first-order chi connectivity index (χ1) is 2.81. The molecule has 0 spiro atoms. The van der Waals surface area contributed by atoms with Crippen molar-refractivity contribution < 1.29 is 22.4 Å². The molecule has 0 aromatic rings. The van der Waals surface area contributed by atoms with Crippen LogP contribution in [0.4, 0.5) is 0 Å². The van der Waals surface area contributed by atoms with Crippen LogP contribution in [0.5, 0.6) is 0 Å². The largest absolute Gasteiger partial charge is 2.00 e. The van der Waals surface area contributed by atoms with Gasteiger partial charge in [-0.1, -0.05) is 0 Å². The van der Waals surface area contributed by atoms with E-state index in [-0.39, 0.29) is 22.4 Å². The minimum Gasteiger partial charge on any atom is -0.365 e. The Morgan fingerprint density at radius 2 is 1.57 bits per heavy atom. The monoisotopic (exact) mass is 178 g/mol. The van der Waals surface area contributed by atoms with Crippen molar-refractivity contribution in [3.63, 3.8) is 0 Å². The van der Waals surface area contributed by atoms with Gasteiger partial charge in [0.15, 0.2) is 0 Å². The predicted octanol–water partition coefficient (Wildman–Crippen LogP) is 0.584. The molecule has 0 fully saturated rings. The van der Waals surface area contributed by atoms with Gasteiger partial charge in [0.2, 0.25) is 0 Å². The van der Waals surface area contributed by atoms with E-state index in [9.17, 15) is 0 Å². The minimum absolute atomic E-state index is 0. The quantitative estimate of drug-likeness (QED) is 0.441. The zero-order valence-corrected chi connectivity index (χ0v) is 6.92. The molecule has 0 atom stereocenters. The van der Waals surface area contributed by atoms with Gasteiger partial charge in [0.05, 0.1) is 0 Å². The Hall–Kier alpha value is 0.700. The van der Waals surface area contributed by atoms with Crippen molar-refractivity contribution in [2.75, 3.05) is 20.1 Å². The van der Waals surface area contributed by atoms with Crippen LogP contribution < -0.4 is 0 Å². The minimum atomic E-state index is 0. The van der Waals surface area contributed by atoms with Gasteiger partial charge < -0.3 is 18.7 Å². The van der Waals surface area contributed by atoms with Gasteiger partial charge in [-0.25, -0.2) is 0 Å². The van der Waals surface area contributed by atoms with Crippen LogP contribution in [0.25, 0.3) is 0 Å². The first-order valence-corrected chi connectivity index (χ1v) is 2.08. The van der Waals surface area contributed by atoms with Crippen LogP contribution in [0.2, 0.25) is 0 Å². The first-order valence-electron chi connectivity index (χ1n) is 2.08. The van der Waals surface area contributed by atoms with Gasteiger partial charge in [0.1, 0.15) is 0 Å². The third kappa shape index (κ3) is 6.70. The summed E-state index contributed by atoms with van der Waals surface area (Å²) in [4.78, 5) is 2.03. The van der Waals surface area contributed by atoms with E-state index in [1.54, 1.807) is 0 Å². The molecule has 2 heteroatoms. The Bertz CT molecular complexity index is 27.3. The van der Waals surface area contributed by atoms with Crippen LogP contribution in [-0.4, -0.2) is 25.0 Å². The van der Waals surface area contributed by atoms with Crippen LogP contribution in [0, 0.1) is 13.8 Å². The van der Waals surface area contributed by atoms with E-state index in [2.05, 4.69) is 13.8 Å². The molecule has 0 aliphatic rings. The molecule has 0 saturated carbocycles. The van der Waals surface area contributed by atoms with E-state index in [4.69, 9.17) is 0 Å². The molecule has 0 bridgehead atoms. The molecular formula is C5H11NNb. The van der Waals surface area contributed by atoms with Crippen LogP contribution in [0.3, 0.4) is 0 Å². The van der Waals surface area contributed by atoms with Crippen LogP contribution in [0.1, 0.15) is 0 Å². The van der Waals surface area contributed by atoms with Gasteiger partial charge in [0, 0.05) is 0 Å². The number of hydrogen-bond donors (Lipinski definition) is 0. The molecule has 1 radical (unpaired) electrons. The second-order valence-corrected chi connectivity index (χ2v) is 1.30. The zero-order chi connectivity index (χ0) is 4.99. The summed E-state index contributed by atoms with van der Waals surface area (Å²) in [6, 6.07) is 0. The number of rotatable bonds is 2. The van der Waals surface area contributed by atoms with Crippen LogP contribution in [0.15, 0.2) is 0 Å². The topological polar surface area (TPSA) is 3.24 Å². The molecule has 0 aliphatic heterocycles. The average molecular weight is 178 g/mol. The SMILES string of the molecule is [CH2-]CN(C)C[CH2-].[Nb+2]. The van der Waals surface area contributed by atoms with E-state index in [0.717, 1.165) is 13.1 Å². The summed E-state index contributed by atoms with van der Waals surface area (Å²) in [5, 5.41) is 0. The van der Waals surface area contributed by atoms with Crippen LogP contribution in [-0.2, 0) is 22.4 Å². The summed E-state index contributed by atoms with van der Waals surface area (Å²) >= 11 is 0. The van der Waals surface area contributed by atoms with Gasteiger partial charge in [-0.15, -0.1) is 13.1 Å². The first kappa shape index (κ1) is 10.6. The molecule has 0 aromatic carbocycles. The standard InChI is InChI=1S/C5H11N.Nb/c1-4-6(3)5-2;/h1-2,4-5H2,3H3;/q-2;+2. The summed E-state index contributed by atoms with van der Waals surface area (Å²) in [6.07, 6.45) is 0. The molecule has 0 N–H and O–H groups in total. The number of hydrogen-bond acceptors (Lipinski definition) is 1. The smallest absolute Gasteiger partial charge is 0.365 e. The maximum atomic E-state index is 3.64. The number of nitrogens with zero attached hydrogens (tertiary/aromatic N) is 1. The van der Waals surface area contributed by atoms with E-state index in [1.165, 1.54) is 0 Å². The van der Waals surface area contributed by atoms with E-state index < -0.39 is 0 Å². The molecule has 0 rings (SSSR count). The molecule has 41 valence electrons. The van der Waals surface area contributed by atoms with E-state index in [0.29, 0.717) is 0 Å². The third-order valence-electron chi connectivity index (χ3n) is 0.763. The fourth-order valence-electron chi connectivity index (χ4n) is 0.112. The Kier molecular flexibility index (Phi) is 10.2. The second kappa shape index (κ2) is 6.70. The summed E-state index contributed by atoms with van der Waals surface area (Å²) in [7, 11) is 1.99. The van der Waals surface area contributed by atoms with Gasteiger partial charge in [-0.2, -0.15) is 0 Å². The van der Waals surface area contributed by atoms with Crippen molar-refractivity contribution >= 4 is 0 Å². The van der Waals surface area contributed by atoms with Crippen molar-refractivity contribution in [3.8, 4) is 0 Å². The Morgan fingerprint density at radius 1 is 1.29 bits per heavy atom. The van der Waals surface area contributed by atoms with Gasteiger partial charge in [-0.05, 0) is 7.05 Å². The van der Waals surface area contributed by atoms with E-state index in [1.807, 2.05) is 11.9 Å². The molecule has 0 amide bonds. The molecule has 1 nitrogen and oxygen atoms in total. The zero-order valence-electron chi connectivity index (χ0n) is 4.72. The summed E-state index contributed by atoms with van der Waals surface area (Å²) in [5.41, 5.74) is 0. The third-order valence-corrected chi connectivity index (χ3v) is 0.763. The average Bonchev–Trinajstić information content (AvgIpc) is 1.65. The van der Waals surface area contributed by atoms with Crippen molar-refractivity contribution in [3.05, 3.63) is 13.8 Å². The summed E-state index contributed by atoms with van der Waals surface area (Å²) < 4.78 is 0. The predicted molar refractivity (Wildman–Crippen MR) is 28.2 cm³/mol. The van der Waals surface area contributed by atoms with E-state index >= 15 is 0 Å². The molecule has 0 heterocycles. The Labute approximate surface area is 61.6 Å². The normalized spacial score (nSPS) is 8.57. The molecule has 0 aliphatic carbocycles. The van der Waals surface area contributed by atoms with Gasteiger partial charge in [-0.3, -0.25) is 0 Å². The maximum absolute atomic E-state index is 3.64. The molecule has 0 saturated heterocycles. The van der Waals surface area contributed by atoms with Crippen molar-refractivity contribution in [2.24, 2.45) is 0 Å². The molecule has 0 aromatic heterocycles. The summed E-state index contributed by atoms with van der Waals surface area (Å²) in [5.74, 6) is 0. The fraction of sp³-hybridized carbons (Fsp3) is 0.600. The van der Waals surface area contributed by atoms with Crippen molar-refractivity contribution in [2.45, 2.75) is 0 Å². The van der Waals surface area contributed by atoms with Crippen molar-refractivity contribution in [1.82, 2.24) is 4.90 Å². The van der Waals surface area contributed by atoms with Crippen LogP contribution >= 0.6 is 0 Å². The Balaban J connectivity index is 0. The fourth-order valence-corrected chi connectivity index (χ4v) is 0.112. The second-order valence-electron chi connectivity index (χ2n) is 1.30. The van der Waals surface area contributed by atoms with Crippen molar-refractivity contribution in [1.29, 1.82) is 0 Å². The molecule has 0 unspecified atom stereocenters. The molecular weight excluding hydrogens is 167 g/mol. The van der Waals surface area contributed by atoms with Gasteiger partial charge in [0.25, 0.3) is 0 Å². The van der Waals surface area contributed by atoms with Gasteiger partial charge >= 0.3 is 22.4 Å². The summed E-state index contributed by atoms with van der Waals surface area (Å²) in [6.45, 7) is 8.99.